The van der Waals surface area contributed by atoms with Gasteiger partial charge < -0.3 is 10.1 Å². The van der Waals surface area contributed by atoms with Crippen LogP contribution in [0.2, 0.25) is 0 Å². The van der Waals surface area contributed by atoms with Crippen molar-refractivity contribution in [2.24, 2.45) is 5.84 Å². The van der Waals surface area contributed by atoms with Crippen LogP contribution in [0.25, 0.3) is 0 Å². The van der Waals surface area contributed by atoms with Crippen molar-refractivity contribution < 1.29 is 4.74 Å². The van der Waals surface area contributed by atoms with E-state index in [1.807, 2.05) is 13.2 Å². The SMILES string of the molecule is CCOc1nc(NN)nc(NC(C)CSC)n1. The maximum atomic E-state index is 5.28. The highest BCUT2D eigenvalue weighted by atomic mass is 32.2. The van der Waals surface area contributed by atoms with Crippen molar-refractivity contribution >= 4 is 23.7 Å². The number of nitrogens with zero attached hydrogens (tertiary/aromatic N) is 3. The first kappa shape index (κ1) is 13.8. The van der Waals surface area contributed by atoms with Crippen LogP contribution in [0.5, 0.6) is 6.01 Å². The summed E-state index contributed by atoms with van der Waals surface area (Å²) in [5, 5.41) is 3.16. The number of hydrazine groups is 1. The lowest BCUT2D eigenvalue weighted by Gasteiger charge is -2.13. The predicted octanol–water partition coefficient (Wildman–Crippen LogP) is 0.719. The molecular formula is C9H18N6OS. The molecule has 1 heterocycles. The third kappa shape index (κ3) is 4.61. The van der Waals surface area contributed by atoms with Crippen LogP contribution in [0.4, 0.5) is 11.9 Å². The van der Waals surface area contributed by atoms with E-state index in [-0.39, 0.29) is 18.0 Å². The molecule has 96 valence electrons. The first-order chi connectivity index (χ1) is 8.19. The summed E-state index contributed by atoms with van der Waals surface area (Å²) in [6, 6.07) is 0.516. The number of ether oxygens (including phenoxy) is 1. The van der Waals surface area contributed by atoms with Gasteiger partial charge in [-0.05, 0) is 20.1 Å². The van der Waals surface area contributed by atoms with E-state index in [1.165, 1.54) is 0 Å². The fourth-order valence-electron chi connectivity index (χ4n) is 1.19. The smallest absolute Gasteiger partial charge is 0.323 e. The zero-order valence-electron chi connectivity index (χ0n) is 10.2. The Hall–Kier alpha value is -1.28. The Morgan fingerprint density at radius 2 is 2.06 bits per heavy atom. The normalized spacial score (nSPS) is 12.0. The molecule has 0 spiro atoms. The minimum Gasteiger partial charge on any atom is -0.464 e. The summed E-state index contributed by atoms with van der Waals surface area (Å²) in [6.07, 6.45) is 2.05. The van der Waals surface area contributed by atoms with Crippen LogP contribution in [0.15, 0.2) is 0 Å². The van der Waals surface area contributed by atoms with Crippen molar-refractivity contribution in [1.82, 2.24) is 15.0 Å². The van der Waals surface area contributed by atoms with E-state index in [0.717, 1.165) is 5.75 Å². The van der Waals surface area contributed by atoms with E-state index < -0.39 is 0 Å². The summed E-state index contributed by atoms with van der Waals surface area (Å²) >= 11 is 1.75. The molecule has 0 aliphatic carbocycles. The van der Waals surface area contributed by atoms with Crippen LogP contribution in [0.1, 0.15) is 13.8 Å². The Labute approximate surface area is 105 Å². The van der Waals surface area contributed by atoms with E-state index in [1.54, 1.807) is 11.8 Å². The van der Waals surface area contributed by atoms with E-state index >= 15 is 0 Å². The van der Waals surface area contributed by atoms with Crippen molar-refractivity contribution in [3.05, 3.63) is 0 Å². The second kappa shape index (κ2) is 7.13. The summed E-state index contributed by atoms with van der Waals surface area (Å²) in [4.78, 5) is 12.2. The van der Waals surface area contributed by atoms with Crippen molar-refractivity contribution in [3.8, 4) is 6.01 Å². The number of rotatable bonds is 7. The van der Waals surface area contributed by atoms with E-state index in [4.69, 9.17) is 10.6 Å². The number of nitrogens with one attached hydrogen (secondary N) is 2. The number of nitrogen functional groups attached to an aromatic ring is 1. The van der Waals surface area contributed by atoms with Gasteiger partial charge in [0.05, 0.1) is 6.61 Å². The first-order valence-corrected chi connectivity index (χ1v) is 6.70. The molecule has 0 saturated heterocycles. The zero-order valence-corrected chi connectivity index (χ0v) is 11.0. The summed E-state index contributed by atoms with van der Waals surface area (Å²) in [5.41, 5.74) is 2.38. The monoisotopic (exact) mass is 258 g/mol. The van der Waals surface area contributed by atoms with Crippen molar-refractivity contribution in [1.29, 1.82) is 0 Å². The first-order valence-electron chi connectivity index (χ1n) is 5.30. The van der Waals surface area contributed by atoms with Crippen LogP contribution in [0.3, 0.4) is 0 Å². The highest BCUT2D eigenvalue weighted by Crippen LogP contribution is 2.12. The third-order valence-electron chi connectivity index (χ3n) is 1.81. The molecule has 0 radical (unpaired) electrons. The molecule has 0 aromatic carbocycles. The second-order valence-electron chi connectivity index (χ2n) is 3.34. The molecule has 0 bridgehead atoms. The van der Waals surface area contributed by atoms with Gasteiger partial charge in [-0.3, -0.25) is 5.43 Å². The van der Waals surface area contributed by atoms with Crippen LogP contribution in [-0.4, -0.2) is 39.6 Å². The zero-order chi connectivity index (χ0) is 12.7. The summed E-state index contributed by atoms with van der Waals surface area (Å²) in [6.45, 7) is 4.41. The molecule has 7 nitrogen and oxygen atoms in total. The molecule has 0 aliphatic rings. The second-order valence-corrected chi connectivity index (χ2v) is 4.25. The molecule has 1 unspecified atom stereocenters. The summed E-state index contributed by atoms with van der Waals surface area (Å²) in [7, 11) is 0. The Kier molecular flexibility index (Phi) is 5.78. The van der Waals surface area contributed by atoms with Crippen molar-refractivity contribution in [2.75, 3.05) is 29.4 Å². The third-order valence-corrected chi connectivity index (χ3v) is 2.64. The fraction of sp³-hybridized carbons (Fsp3) is 0.667. The molecule has 0 amide bonds. The van der Waals surface area contributed by atoms with Gasteiger partial charge in [0.15, 0.2) is 0 Å². The average Bonchev–Trinajstić information content (AvgIpc) is 2.29. The Morgan fingerprint density at radius 3 is 2.65 bits per heavy atom. The molecule has 8 heteroatoms. The van der Waals surface area contributed by atoms with Gasteiger partial charge in [-0.15, -0.1) is 0 Å². The van der Waals surface area contributed by atoms with Gasteiger partial charge in [-0.25, -0.2) is 5.84 Å². The van der Waals surface area contributed by atoms with Gasteiger partial charge in [0.25, 0.3) is 0 Å². The van der Waals surface area contributed by atoms with Crippen LogP contribution >= 0.6 is 11.8 Å². The summed E-state index contributed by atoms with van der Waals surface area (Å²) < 4.78 is 5.23. The molecule has 17 heavy (non-hydrogen) atoms. The highest BCUT2D eigenvalue weighted by Gasteiger charge is 2.08. The van der Waals surface area contributed by atoms with Gasteiger partial charge in [0, 0.05) is 11.8 Å². The number of aromatic nitrogens is 3. The van der Waals surface area contributed by atoms with Gasteiger partial charge >= 0.3 is 6.01 Å². The van der Waals surface area contributed by atoms with E-state index in [2.05, 4.69) is 32.6 Å². The maximum absolute atomic E-state index is 5.28. The largest absolute Gasteiger partial charge is 0.464 e. The Bertz CT molecular complexity index is 350. The molecule has 0 aliphatic heterocycles. The number of hydrogen-bond donors (Lipinski definition) is 3. The molecule has 4 N–H and O–H groups in total. The average molecular weight is 258 g/mol. The Balaban J connectivity index is 2.79. The van der Waals surface area contributed by atoms with E-state index in [9.17, 15) is 0 Å². The molecule has 1 atom stereocenters. The molecule has 0 saturated carbocycles. The minimum absolute atomic E-state index is 0.257. The highest BCUT2D eigenvalue weighted by molar-refractivity contribution is 7.98. The lowest BCUT2D eigenvalue weighted by molar-refractivity contribution is 0.312. The van der Waals surface area contributed by atoms with Gasteiger partial charge in [-0.2, -0.15) is 26.7 Å². The fourth-order valence-corrected chi connectivity index (χ4v) is 1.77. The number of nitrogens with two attached hydrogens (primary N) is 1. The maximum Gasteiger partial charge on any atom is 0.323 e. The molecule has 0 fully saturated rings. The van der Waals surface area contributed by atoms with Crippen molar-refractivity contribution in [3.63, 3.8) is 0 Å². The topological polar surface area (TPSA) is 98.0 Å². The summed E-state index contributed by atoms with van der Waals surface area (Å²) in [5.74, 6) is 6.98. The van der Waals surface area contributed by atoms with Gasteiger partial charge in [-0.1, -0.05) is 0 Å². The van der Waals surface area contributed by atoms with Gasteiger partial charge in [0.1, 0.15) is 0 Å². The van der Waals surface area contributed by atoms with Crippen LogP contribution < -0.4 is 21.3 Å². The molecule has 1 rings (SSSR count). The minimum atomic E-state index is 0.257. The van der Waals surface area contributed by atoms with E-state index in [0.29, 0.717) is 12.6 Å². The number of anilines is 2. The molecular weight excluding hydrogens is 240 g/mol. The standard InChI is InChI=1S/C9H18N6OS/c1-4-16-9-13-7(11-6(2)5-17-3)12-8(14-9)15-10/h6H,4-5,10H2,1-3H3,(H2,11,12,13,14,15). The number of thioether (sulfide) groups is 1. The van der Waals surface area contributed by atoms with Gasteiger partial charge in [0.2, 0.25) is 11.9 Å². The lowest BCUT2D eigenvalue weighted by atomic mass is 10.4. The quantitative estimate of drug-likeness (QED) is 0.486. The van der Waals surface area contributed by atoms with Crippen LogP contribution in [-0.2, 0) is 0 Å². The Morgan fingerprint density at radius 1 is 1.35 bits per heavy atom. The molecule has 1 aromatic rings. The lowest BCUT2D eigenvalue weighted by Crippen LogP contribution is -2.21. The number of hydrogen-bond acceptors (Lipinski definition) is 8. The van der Waals surface area contributed by atoms with Crippen molar-refractivity contribution in [2.45, 2.75) is 19.9 Å². The predicted molar refractivity (Wildman–Crippen MR) is 70.3 cm³/mol. The molecule has 1 aromatic heterocycles. The van der Waals surface area contributed by atoms with Crippen LogP contribution in [0, 0.1) is 0 Å².